The van der Waals surface area contributed by atoms with E-state index in [-0.39, 0.29) is 17.0 Å². The van der Waals surface area contributed by atoms with Gasteiger partial charge in [-0.15, -0.1) is 11.3 Å². The van der Waals surface area contributed by atoms with Crippen molar-refractivity contribution in [3.8, 4) is 0 Å². The zero-order valence-corrected chi connectivity index (χ0v) is 14.8. The maximum Gasteiger partial charge on any atom is 0.356 e. The molecule has 0 unspecified atom stereocenters. The first-order chi connectivity index (χ1) is 11.3. The van der Waals surface area contributed by atoms with Crippen LogP contribution in [-0.2, 0) is 14.9 Å². The number of carbonyl (C=O) groups is 2. The first-order valence-electron chi connectivity index (χ1n) is 7.29. The summed E-state index contributed by atoms with van der Waals surface area (Å²) in [5.41, 5.74) is 0.675. The molecule has 0 radical (unpaired) electrons. The Morgan fingerprint density at radius 3 is 2.50 bits per heavy atom. The number of carbonyl (C=O) groups excluding carboxylic acids is 2. The average Bonchev–Trinajstić information content (AvgIpc) is 3.02. The average molecular weight is 345 g/mol. The molecule has 1 N–H and O–H groups in total. The van der Waals surface area contributed by atoms with Gasteiger partial charge >= 0.3 is 5.97 Å². The molecule has 126 valence electrons. The molecule has 0 fully saturated rings. The van der Waals surface area contributed by atoms with Gasteiger partial charge in [-0.3, -0.25) is 4.79 Å². The number of aromatic nitrogens is 2. The van der Waals surface area contributed by atoms with E-state index in [2.05, 4.69) is 40.8 Å². The molecule has 0 aliphatic carbocycles. The summed E-state index contributed by atoms with van der Waals surface area (Å²) >= 11 is 1.55. The number of pyridine rings is 1. The highest BCUT2D eigenvalue weighted by Crippen LogP contribution is 2.27. The van der Waals surface area contributed by atoms with Crippen LogP contribution < -0.4 is 5.32 Å². The fourth-order valence-corrected chi connectivity index (χ4v) is 2.62. The summed E-state index contributed by atoms with van der Waals surface area (Å²) in [5, 5.41) is 3.70. The van der Waals surface area contributed by atoms with E-state index in [9.17, 15) is 9.59 Å². The highest BCUT2D eigenvalue weighted by atomic mass is 32.1. The SMILES string of the molecule is COC(=O)c1ccc(NC(=O)/C=C/c2cnc(C(C)(C)C)s2)cn1. The van der Waals surface area contributed by atoms with E-state index in [4.69, 9.17) is 0 Å². The minimum atomic E-state index is -0.521. The van der Waals surface area contributed by atoms with Crippen molar-refractivity contribution in [1.29, 1.82) is 0 Å². The number of amides is 1. The lowest BCUT2D eigenvalue weighted by molar-refractivity contribution is -0.111. The Kier molecular flexibility index (Phi) is 5.46. The molecule has 2 heterocycles. The van der Waals surface area contributed by atoms with Gasteiger partial charge in [0.1, 0.15) is 5.69 Å². The van der Waals surface area contributed by atoms with E-state index in [1.165, 1.54) is 25.4 Å². The summed E-state index contributed by atoms with van der Waals surface area (Å²) in [4.78, 5) is 32.4. The quantitative estimate of drug-likeness (QED) is 0.679. The minimum absolute atomic E-state index is 0.00787. The third-order valence-corrected chi connectivity index (χ3v) is 4.38. The molecule has 0 aliphatic rings. The summed E-state index contributed by atoms with van der Waals surface area (Å²) in [6, 6.07) is 3.08. The molecule has 1 amide bonds. The van der Waals surface area contributed by atoms with Crippen molar-refractivity contribution in [3.63, 3.8) is 0 Å². The Labute approximate surface area is 144 Å². The van der Waals surface area contributed by atoms with E-state index in [0.29, 0.717) is 5.69 Å². The summed E-state index contributed by atoms with van der Waals surface area (Å²) in [7, 11) is 1.29. The number of anilines is 1. The summed E-state index contributed by atoms with van der Waals surface area (Å²) in [6.07, 6.45) is 6.32. The normalized spacial score (nSPS) is 11.5. The van der Waals surface area contributed by atoms with Crippen LogP contribution in [0.2, 0.25) is 0 Å². The smallest absolute Gasteiger partial charge is 0.356 e. The highest BCUT2D eigenvalue weighted by molar-refractivity contribution is 7.12. The number of hydrogen-bond acceptors (Lipinski definition) is 6. The molecule has 0 aromatic carbocycles. The largest absolute Gasteiger partial charge is 0.464 e. The lowest BCUT2D eigenvalue weighted by Crippen LogP contribution is -2.09. The van der Waals surface area contributed by atoms with Gasteiger partial charge in [0.25, 0.3) is 0 Å². The number of esters is 1. The summed E-state index contributed by atoms with van der Waals surface area (Å²) in [6.45, 7) is 6.28. The van der Waals surface area contributed by atoms with Gasteiger partial charge in [-0.2, -0.15) is 0 Å². The topological polar surface area (TPSA) is 81.2 Å². The van der Waals surface area contributed by atoms with Crippen LogP contribution in [0.4, 0.5) is 5.69 Å². The van der Waals surface area contributed by atoms with Crippen LogP contribution >= 0.6 is 11.3 Å². The van der Waals surface area contributed by atoms with Crippen LogP contribution in [0.1, 0.15) is 41.1 Å². The Balaban J connectivity index is 1.97. The molecular weight excluding hydrogens is 326 g/mol. The van der Waals surface area contributed by atoms with Crippen LogP contribution in [0.5, 0.6) is 0 Å². The third-order valence-electron chi connectivity index (χ3n) is 2.99. The van der Waals surface area contributed by atoms with Gasteiger partial charge in [-0.25, -0.2) is 14.8 Å². The van der Waals surface area contributed by atoms with Gasteiger partial charge in [0.05, 0.1) is 24.0 Å². The molecular formula is C17H19N3O3S. The Hall–Kier alpha value is -2.54. The van der Waals surface area contributed by atoms with Crippen LogP contribution in [0.15, 0.2) is 30.6 Å². The minimum Gasteiger partial charge on any atom is -0.464 e. The molecule has 2 aromatic rings. The van der Waals surface area contributed by atoms with Crippen LogP contribution in [0, 0.1) is 0 Å². The predicted octanol–water partition coefficient (Wildman–Crippen LogP) is 3.27. The molecule has 0 atom stereocenters. The van der Waals surface area contributed by atoms with Crippen molar-refractivity contribution in [3.05, 3.63) is 46.2 Å². The maximum atomic E-state index is 11.9. The number of ether oxygens (including phenoxy) is 1. The molecule has 0 spiro atoms. The van der Waals surface area contributed by atoms with Gasteiger partial charge in [0.2, 0.25) is 5.91 Å². The van der Waals surface area contributed by atoms with Gasteiger partial charge in [0.15, 0.2) is 0 Å². The van der Waals surface area contributed by atoms with E-state index in [1.54, 1.807) is 29.7 Å². The van der Waals surface area contributed by atoms with Crippen molar-refractivity contribution in [1.82, 2.24) is 9.97 Å². The second-order valence-corrected chi connectivity index (χ2v) is 7.13. The Morgan fingerprint density at radius 2 is 1.96 bits per heavy atom. The molecule has 24 heavy (non-hydrogen) atoms. The van der Waals surface area contributed by atoms with E-state index >= 15 is 0 Å². The Bertz CT molecular complexity index is 758. The zero-order valence-electron chi connectivity index (χ0n) is 14.0. The van der Waals surface area contributed by atoms with E-state index < -0.39 is 5.97 Å². The van der Waals surface area contributed by atoms with E-state index in [0.717, 1.165) is 9.88 Å². The number of hydrogen-bond donors (Lipinski definition) is 1. The predicted molar refractivity (Wildman–Crippen MR) is 94.1 cm³/mol. The molecule has 0 bridgehead atoms. The number of rotatable bonds is 4. The lowest BCUT2D eigenvalue weighted by atomic mass is 9.98. The fraction of sp³-hybridized carbons (Fsp3) is 0.294. The van der Waals surface area contributed by atoms with Gasteiger partial charge in [0, 0.05) is 22.6 Å². The summed E-state index contributed by atoms with van der Waals surface area (Å²) < 4.78 is 4.57. The maximum absolute atomic E-state index is 11.9. The number of methoxy groups -OCH3 is 1. The number of thiazole rings is 1. The summed E-state index contributed by atoms with van der Waals surface area (Å²) in [5.74, 6) is -0.805. The second-order valence-electron chi connectivity index (χ2n) is 6.06. The molecule has 2 aromatic heterocycles. The molecule has 6 nitrogen and oxygen atoms in total. The van der Waals surface area contributed by atoms with Crippen molar-refractivity contribution >= 4 is 35.0 Å². The van der Waals surface area contributed by atoms with Crippen molar-refractivity contribution in [2.75, 3.05) is 12.4 Å². The van der Waals surface area contributed by atoms with Gasteiger partial charge in [-0.1, -0.05) is 20.8 Å². The van der Waals surface area contributed by atoms with Crippen molar-refractivity contribution in [2.45, 2.75) is 26.2 Å². The van der Waals surface area contributed by atoms with Crippen LogP contribution in [0.3, 0.4) is 0 Å². The van der Waals surface area contributed by atoms with E-state index in [1.807, 2.05) is 0 Å². The third kappa shape index (κ3) is 4.73. The van der Waals surface area contributed by atoms with Crippen LogP contribution in [0.25, 0.3) is 6.08 Å². The van der Waals surface area contributed by atoms with Crippen molar-refractivity contribution < 1.29 is 14.3 Å². The van der Waals surface area contributed by atoms with Gasteiger partial charge in [-0.05, 0) is 18.2 Å². The van der Waals surface area contributed by atoms with Gasteiger partial charge < -0.3 is 10.1 Å². The standard InChI is InChI=1S/C17H19N3O3S/c1-17(2,3)16-19-10-12(24-16)6-8-14(21)20-11-5-7-13(18-9-11)15(22)23-4/h5-10H,1-4H3,(H,20,21)/b8-6+. The van der Waals surface area contributed by atoms with Crippen LogP contribution in [-0.4, -0.2) is 29.0 Å². The molecule has 7 heteroatoms. The number of nitrogens with zero attached hydrogens (tertiary/aromatic N) is 2. The molecule has 2 rings (SSSR count). The first-order valence-corrected chi connectivity index (χ1v) is 8.11. The zero-order chi connectivity index (χ0) is 17.7. The molecule has 0 aliphatic heterocycles. The molecule has 0 saturated carbocycles. The number of nitrogens with one attached hydrogen (secondary N) is 1. The Morgan fingerprint density at radius 1 is 1.21 bits per heavy atom. The monoisotopic (exact) mass is 345 g/mol. The molecule has 0 saturated heterocycles. The first kappa shape index (κ1) is 17.8. The fourth-order valence-electron chi connectivity index (χ4n) is 1.75. The van der Waals surface area contributed by atoms with Crippen molar-refractivity contribution in [2.24, 2.45) is 0 Å². The lowest BCUT2D eigenvalue weighted by Gasteiger charge is -2.13. The highest BCUT2D eigenvalue weighted by Gasteiger charge is 2.17. The second kappa shape index (κ2) is 7.35.